The van der Waals surface area contributed by atoms with E-state index in [4.69, 9.17) is 9.47 Å². The molecule has 1 aliphatic rings. The molecule has 4 aromatic carbocycles. The Morgan fingerprint density at radius 2 is 1.07 bits per heavy atom. The Kier molecular flexibility index (Phi) is 18.8. The second kappa shape index (κ2) is 21.7. The molecule has 4 aromatic rings. The Bertz CT molecular complexity index is 1980. The Morgan fingerprint density at radius 3 is 1.53 bits per heavy atom. The first kappa shape index (κ1) is 47.5. The maximum Gasteiger partial charge on any atom is 1.00 e. The zero-order valence-electron chi connectivity index (χ0n) is 32.2. The monoisotopic (exact) mass is 807 g/mol. The first-order valence-electron chi connectivity index (χ1n) is 18.1. The summed E-state index contributed by atoms with van der Waals surface area (Å²) in [5.74, 6) is -1.04. The van der Waals surface area contributed by atoms with Crippen LogP contribution >= 0.6 is 0 Å². The molecule has 0 heterocycles. The number of ketones is 1. The SMILES string of the molecule is CC(C)C(=O)c1ccc2c(c1)C(CCOCCCCS(=O)(=O)[O-])(CCOCCCCS(=O)(=O)[O-])c1cc(N(c3ccccc3)c3ccccc3)ccc1-2.[Na+].[Na+]. The molecule has 5 rings (SSSR count). The molecule has 0 bridgehead atoms. The van der Waals surface area contributed by atoms with Gasteiger partial charge in [0.2, 0.25) is 0 Å². The molecule has 284 valence electrons. The molecule has 0 atom stereocenters. The minimum absolute atomic E-state index is 0. The number of ether oxygens (including phenoxy) is 2. The number of benzene rings is 4. The van der Waals surface area contributed by atoms with Crippen LogP contribution < -0.4 is 64.0 Å². The van der Waals surface area contributed by atoms with Crippen LogP contribution in [0.5, 0.6) is 0 Å². The second-order valence-corrected chi connectivity index (χ2v) is 16.8. The summed E-state index contributed by atoms with van der Waals surface area (Å²) in [5, 5.41) is 0. The van der Waals surface area contributed by atoms with Crippen molar-refractivity contribution in [2.24, 2.45) is 5.92 Å². The minimum atomic E-state index is -4.30. The van der Waals surface area contributed by atoms with E-state index in [1.165, 1.54) is 0 Å². The van der Waals surface area contributed by atoms with E-state index < -0.39 is 37.2 Å². The van der Waals surface area contributed by atoms with Crippen molar-refractivity contribution < 1.29 is 99.3 Å². The van der Waals surface area contributed by atoms with E-state index >= 15 is 0 Å². The topological polar surface area (TPSA) is 153 Å². The Balaban J connectivity index is 0.00000406. The van der Waals surface area contributed by atoms with Crippen LogP contribution in [0.25, 0.3) is 11.1 Å². The van der Waals surface area contributed by atoms with Gasteiger partial charge in [-0.3, -0.25) is 4.79 Å². The third-order valence-corrected chi connectivity index (χ3v) is 11.2. The van der Waals surface area contributed by atoms with Crippen LogP contribution in [0.15, 0.2) is 97.1 Å². The first-order chi connectivity index (χ1) is 25.3. The second-order valence-electron chi connectivity index (χ2n) is 13.8. The van der Waals surface area contributed by atoms with Gasteiger partial charge in [0.1, 0.15) is 0 Å². The largest absolute Gasteiger partial charge is 1.00 e. The van der Waals surface area contributed by atoms with E-state index in [9.17, 15) is 30.7 Å². The van der Waals surface area contributed by atoms with Gasteiger partial charge < -0.3 is 23.5 Å². The summed E-state index contributed by atoms with van der Waals surface area (Å²) in [4.78, 5) is 15.6. The number of unbranched alkanes of at least 4 members (excludes halogenated alkanes) is 2. The number of Topliss-reactive ketones (excluding diaryl/α,β-unsaturated/α-hetero) is 1. The van der Waals surface area contributed by atoms with Gasteiger partial charge in [-0.05, 0) is 103 Å². The van der Waals surface area contributed by atoms with E-state index in [2.05, 4.69) is 47.4 Å². The molecular formula is C41H47NNa2O9S2. The number of carbonyl (C=O) groups excluding carboxylic acids is 1. The van der Waals surface area contributed by atoms with Gasteiger partial charge in [-0.2, -0.15) is 0 Å². The number of para-hydroxylation sites is 2. The average Bonchev–Trinajstić information content (AvgIpc) is 3.38. The van der Waals surface area contributed by atoms with Crippen molar-refractivity contribution in [1.29, 1.82) is 0 Å². The number of rotatable bonds is 21. The van der Waals surface area contributed by atoms with Crippen LogP contribution in [0.2, 0.25) is 0 Å². The average molecular weight is 808 g/mol. The van der Waals surface area contributed by atoms with Crippen molar-refractivity contribution >= 4 is 43.1 Å². The minimum Gasteiger partial charge on any atom is -0.748 e. The fraction of sp³-hybridized carbons (Fsp3) is 0.390. The maximum atomic E-state index is 13.4. The Hall–Kier alpha value is -1.91. The summed E-state index contributed by atoms with van der Waals surface area (Å²) >= 11 is 0. The van der Waals surface area contributed by atoms with Crippen molar-refractivity contribution in [2.75, 3.05) is 42.8 Å². The summed E-state index contributed by atoms with van der Waals surface area (Å²) in [6.07, 6.45) is 2.30. The predicted molar refractivity (Wildman–Crippen MR) is 205 cm³/mol. The molecule has 55 heavy (non-hydrogen) atoms. The molecule has 0 spiro atoms. The maximum absolute atomic E-state index is 13.4. The first-order valence-corrected chi connectivity index (χ1v) is 21.2. The molecule has 14 heteroatoms. The zero-order valence-corrected chi connectivity index (χ0v) is 37.9. The van der Waals surface area contributed by atoms with E-state index in [0.29, 0.717) is 44.5 Å². The Labute approximate surface area is 370 Å². The molecule has 0 saturated heterocycles. The van der Waals surface area contributed by atoms with Crippen molar-refractivity contribution in [3.63, 3.8) is 0 Å². The molecule has 0 amide bonds. The van der Waals surface area contributed by atoms with Crippen molar-refractivity contribution in [3.8, 4) is 11.1 Å². The van der Waals surface area contributed by atoms with Gasteiger partial charge in [0.05, 0.1) is 20.2 Å². The van der Waals surface area contributed by atoms with Crippen LogP contribution in [0.3, 0.4) is 0 Å². The molecule has 0 radical (unpaired) electrons. The molecule has 0 unspecified atom stereocenters. The predicted octanol–water partition coefficient (Wildman–Crippen LogP) is 1.73. The molecule has 10 nitrogen and oxygen atoms in total. The van der Waals surface area contributed by atoms with Crippen LogP contribution in [-0.4, -0.2) is 69.7 Å². The molecule has 0 N–H and O–H groups in total. The van der Waals surface area contributed by atoms with Crippen molar-refractivity contribution in [3.05, 3.63) is 114 Å². The molecule has 0 aliphatic heterocycles. The number of hydrogen-bond donors (Lipinski definition) is 0. The van der Waals surface area contributed by atoms with Crippen molar-refractivity contribution in [2.45, 2.75) is 57.8 Å². The van der Waals surface area contributed by atoms with E-state index in [0.717, 1.165) is 39.3 Å². The number of hydrogen-bond acceptors (Lipinski definition) is 10. The standard InChI is InChI=1S/C41H49NO9S2.2Na/c1-31(2)40(43)32-17-19-36-37-20-18-35(42(33-13-5-3-6-14-33)34-15-7-4-8-16-34)30-39(37)41(38(36)29-32,21-25-50-23-9-11-27-52(44,45)46)22-26-51-24-10-12-28-53(47,48)49;;/h3-8,13-20,29-31H,9-12,21-28H2,1-2H3,(H,44,45,46)(H,47,48,49);;/q;2*+1/p-2. The number of nitrogens with zero attached hydrogens (tertiary/aromatic N) is 1. The third-order valence-electron chi connectivity index (χ3n) is 9.65. The van der Waals surface area contributed by atoms with E-state index in [1.54, 1.807) is 0 Å². The van der Waals surface area contributed by atoms with Gasteiger partial charge in [-0.1, -0.05) is 68.4 Å². The summed E-state index contributed by atoms with van der Waals surface area (Å²) in [6, 6.07) is 32.5. The quantitative estimate of drug-likeness (QED) is 0.0527. The van der Waals surface area contributed by atoms with Gasteiger partial charge in [-0.25, -0.2) is 16.8 Å². The molecule has 0 aromatic heterocycles. The van der Waals surface area contributed by atoms with Gasteiger partial charge >= 0.3 is 59.1 Å². The normalized spacial score (nSPS) is 13.0. The number of anilines is 3. The zero-order chi connectivity index (χ0) is 38.1. The molecular weight excluding hydrogens is 761 g/mol. The Morgan fingerprint density at radius 1 is 0.618 bits per heavy atom. The van der Waals surface area contributed by atoms with E-state index in [-0.39, 0.29) is 96.9 Å². The van der Waals surface area contributed by atoms with E-state index in [1.807, 2.05) is 68.4 Å². The van der Waals surface area contributed by atoms with Crippen LogP contribution in [0, 0.1) is 5.92 Å². The van der Waals surface area contributed by atoms with Gasteiger partial charge in [-0.15, -0.1) is 0 Å². The fourth-order valence-corrected chi connectivity index (χ4v) is 8.15. The van der Waals surface area contributed by atoms with Crippen LogP contribution in [0.1, 0.15) is 73.9 Å². The number of fused-ring (bicyclic) bond motifs is 3. The van der Waals surface area contributed by atoms with Gasteiger partial charge in [0.25, 0.3) is 0 Å². The third kappa shape index (κ3) is 13.0. The summed E-state index contributed by atoms with van der Waals surface area (Å²) in [5.41, 5.74) is 6.95. The molecule has 1 aliphatic carbocycles. The van der Waals surface area contributed by atoms with Crippen LogP contribution in [0.4, 0.5) is 17.1 Å². The van der Waals surface area contributed by atoms with Crippen molar-refractivity contribution in [1.82, 2.24) is 0 Å². The summed E-state index contributed by atoms with van der Waals surface area (Å²) in [7, 11) is -8.60. The van der Waals surface area contributed by atoms with Crippen LogP contribution in [-0.2, 0) is 35.1 Å². The molecule has 0 saturated carbocycles. The van der Waals surface area contributed by atoms with Gasteiger partial charge in [0.15, 0.2) is 5.78 Å². The summed E-state index contributed by atoms with van der Waals surface area (Å²) in [6.45, 7) is 4.96. The fourth-order valence-electron chi connectivity index (χ4n) is 7.04. The smallest absolute Gasteiger partial charge is 0.748 e. The summed E-state index contributed by atoms with van der Waals surface area (Å²) < 4.78 is 78.7. The number of carbonyl (C=O) groups is 1. The molecule has 0 fully saturated rings. The van der Waals surface area contributed by atoms with Gasteiger partial charge in [0, 0.05) is 71.9 Å².